The third kappa shape index (κ3) is 2.32. The Morgan fingerprint density at radius 1 is 1.20 bits per heavy atom. The van der Waals surface area contributed by atoms with E-state index in [2.05, 4.69) is 20.3 Å². The van der Waals surface area contributed by atoms with Gasteiger partial charge in [0.2, 0.25) is 5.28 Å². The summed E-state index contributed by atoms with van der Waals surface area (Å²) in [6, 6.07) is 5.16. The highest BCUT2D eigenvalue weighted by Gasteiger charge is 2.17. The van der Waals surface area contributed by atoms with Gasteiger partial charge in [0.25, 0.3) is 0 Å². The van der Waals surface area contributed by atoms with Crippen LogP contribution in [0, 0.1) is 0 Å². The molecule has 0 spiro atoms. The van der Waals surface area contributed by atoms with Crippen LogP contribution in [-0.2, 0) is 0 Å². The molecule has 0 aliphatic rings. The van der Waals surface area contributed by atoms with Crippen LogP contribution in [0.15, 0.2) is 24.4 Å². The van der Waals surface area contributed by atoms with Crippen molar-refractivity contribution in [3.05, 3.63) is 45.3 Å². The summed E-state index contributed by atoms with van der Waals surface area (Å²) in [6.07, 6.45) is 1.53. The fourth-order valence-electron chi connectivity index (χ4n) is 1.96. The Kier molecular flexibility index (Phi) is 3.50. The predicted molar refractivity (Wildman–Crippen MR) is 78.4 cm³/mol. The van der Waals surface area contributed by atoms with E-state index in [4.69, 9.17) is 34.8 Å². The minimum atomic E-state index is -0.157. The van der Waals surface area contributed by atoms with Crippen molar-refractivity contribution in [2.24, 2.45) is 0 Å². The van der Waals surface area contributed by atoms with Crippen molar-refractivity contribution in [1.29, 1.82) is 0 Å². The van der Waals surface area contributed by atoms with Gasteiger partial charge in [-0.2, -0.15) is 4.98 Å². The van der Waals surface area contributed by atoms with Crippen LogP contribution in [0.4, 0.5) is 0 Å². The monoisotopic (exact) mass is 327 g/mol. The molecule has 0 saturated heterocycles. The SMILES string of the molecule is C[C@H](c1ccc(Cl)cc1Cl)n1nnc2cnc(Cl)nc21. The summed E-state index contributed by atoms with van der Waals surface area (Å²) in [6.45, 7) is 1.94. The molecule has 0 unspecified atom stereocenters. The van der Waals surface area contributed by atoms with Gasteiger partial charge in [0.15, 0.2) is 11.2 Å². The van der Waals surface area contributed by atoms with Crippen LogP contribution in [0.25, 0.3) is 11.2 Å². The van der Waals surface area contributed by atoms with E-state index in [1.165, 1.54) is 6.20 Å². The molecule has 20 heavy (non-hydrogen) atoms. The number of rotatable bonds is 2. The lowest BCUT2D eigenvalue weighted by atomic mass is 10.1. The van der Waals surface area contributed by atoms with E-state index in [0.717, 1.165) is 5.56 Å². The minimum absolute atomic E-state index is 0.149. The van der Waals surface area contributed by atoms with Gasteiger partial charge >= 0.3 is 0 Å². The molecule has 1 atom stereocenters. The molecule has 102 valence electrons. The summed E-state index contributed by atoms with van der Waals surface area (Å²) >= 11 is 17.9. The van der Waals surface area contributed by atoms with Gasteiger partial charge in [-0.05, 0) is 36.2 Å². The van der Waals surface area contributed by atoms with E-state index in [-0.39, 0.29) is 11.3 Å². The topological polar surface area (TPSA) is 56.5 Å². The van der Waals surface area contributed by atoms with Crippen molar-refractivity contribution in [3.63, 3.8) is 0 Å². The third-order valence-corrected chi connectivity index (χ3v) is 3.71. The maximum absolute atomic E-state index is 6.22. The van der Waals surface area contributed by atoms with Gasteiger partial charge in [0.1, 0.15) is 0 Å². The zero-order valence-electron chi connectivity index (χ0n) is 10.3. The Labute approximate surface area is 129 Å². The first-order valence-corrected chi connectivity index (χ1v) is 6.88. The third-order valence-electron chi connectivity index (χ3n) is 2.97. The van der Waals surface area contributed by atoms with E-state index in [0.29, 0.717) is 21.2 Å². The van der Waals surface area contributed by atoms with Crippen LogP contribution in [-0.4, -0.2) is 25.0 Å². The van der Waals surface area contributed by atoms with E-state index < -0.39 is 0 Å². The van der Waals surface area contributed by atoms with Gasteiger partial charge in [-0.25, -0.2) is 9.67 Å². The Bertz CT molecular complexity index is 786. The highest BCUT2D eigenvalue weighted by atomic mass is 35.5. The molecule has 0 fully saturated rings. The Hall–Kier alpha value is -1.43. The van der Waals surface area contributed by atoms with Crippen molar-refractivity contribution in [2.45, 2.75) is 13.0 Å². The molecule has 0 bridgehead atoms. The molecule has 2 heterocycles. The van der Waals surface area contributed by atoms with E-state index in [1.807, 2.05) is 13.0 Å². The molecular formula is C12H8Cl3N5. The quantitative estimate of drug-likeness (QED) is 0.672. The van der Waals surface area contributed by atoms with Crippen LogP contribution in [0.5, 0.6) is 0 Å². The average Bonchev–Trinajstić information content (AvgIpc) is 2.81. The predicted octanol–water partition coefficient (Wildman–Crippen LogP) is 3.79. The molecule has 0 saturated carbocycles. The first-order chi connectivity index (χ1) is 9.56. The lowest BCUT2D eigenvalue weighted by molar-refractivity contribution is 0.556. The van der Waals surface area contributed by atoms with Crippen molar-refractivity contribution in [1.82, 2.24) is 25.0 Å². The van der Waals surface area contributed by atoms with Gasteiger partial charge in [-0.1, -0.05) is 34.5 Å². The Morgan fingerprint density at radius 2 is 2.00 bits per heavy atom. The molecule has 0 aliphatic carbocycles. The molecule has 1 aromatic carbocycles. The Morgan fingerprint density at radius 3 is 2.75 bits per heavy atom. The second-order valence-electron chi connectivity index (χ2n) is 4.22. The molecular weight excluding hydrogens is 321 g/mol. The number of halogens is 3. The first-order valence-electron chi connectivity index (χ1n) is 5.74. The van der Waals surface area contributed by atoms with Gasteiger partial charge in [-0.3, -0.25) is 0 Å². The molecule has 0 N–H and O–H groups in total. The highest BCUT2D eigenvalue weighted by Crippen LogP contribution is 2.29. The number of aromatic nitrogens is 5. The second kappa shape index (κ2) is 5.16. The standard InChI is InChI=1S/C12H8Cl3N5/c1-6(8-3-2-7(13)4-9(8)14)20-11-10(18-19-20)5-16-12(15)17-11/h2-6H,1H3/t6-/m1/s1. The number of benzene rings is 1. The van der Waals surface area contributed by atoms with Crippen LogP contribution >= 0.6 is 34.8 Å². The number of hydrogen-bond acceptors (Lipinski definition) is 4. The average molecular weight is 329 g/mol. The van der Waals surface area contributed by atoms with Crippen molar-refractivity contribution in [3.8, 4) is 0 Å². The van der Waals surface area contributed by atoms with Crippen molar-refractivity contribution >= 4 is 46.0 Å². The number of fused-ring (bicyclic) bond motifs is 1. The lowest BCUT2D eigenvalue weighted by Gasteiger charge is -2.14. The molecule has 8 heteroatoms. The summed E-state index contributed by atoms with van der Waals surface area (Å²) in [7, 11) is 0. The fourth-order valence-corrected chi connectivity index (χ4v) is 2.65. The number of hydrogen-bond donors (Lipinski definition) is 0. The maximum atomic E-state index is 6.22. The molecule has 0 radical (unpaired) electrons. The van der Waals surface area contributed by atoms with E-state index in [1.54, 1.807) is 16.8 Å². The van der Waals surface area contributed by atoms with Gasteiger partial charge < -0.3 is 0 Å². The molecule has 2 aromatic heterocycles. The molecule has 0 aliphatic heterocycles. The molecule has 3 rings (SSSR count). The summed E-state index contributed by atoms with van der Waals surface area (Å²) < 4.78 is 1.65. The van der Waals surface area contributed by atoms with E-state index >= 15 is 0 Å². The maximum Gasteiger partial charge on any atom is 0.224 e. The fraction of sp³-hybridized carbons (Fsp3) is 0.167. The van der Waals surface area contributed by atoms with Gasteiger partial charge in [-0.15, -0.1) is 5.10 Å². The van der Waals surface area contributed by atoms with Gasteiger partial charge in [0, 0.05) is 10.0 Å². The molecule has 3 aromatic rings. The molecule has 0 amide bonds. The highest BCUT2D eigenvalue weighted by molar-refractivity contribution is 6.35. The summed E-state index contributed by atoms with van der Waals surface area (Å²) in [5.41, 5.74) is 2.01. The summed E-state index contributed by atoms with van der Waals surface area (Å²) in [5.74, 6) is 0. The van der Waals surface area contributed by atoms with Gasteiger partial charge in [0.05, 0.1) is 12.2 Å². The smallest absolute Gasteiger partial charge is 0.224 e. The van der Waals surface area contributed by atoms with Crippen molar-refractivity contribution < 1.29 is 0 Å². The zero-order valence-corrected chi connectivity index (χ0v) is 12.5. The zero-order chi connectivity index (χ0) is 14.3. The van der Waals surface area contributed by atoms with Crippen LogP contribution in [0.3, 0.4) is 0 Å². The normalized spacial score (nSPS) is 12.8. The largest absolute Gasteiger partial charge is 0.224 e. The summed E-state index contributed by atoms with van der Waals surface area (Å²) in [4.78, 5) is 8.03. The van der Waals surface area contributed by atoms with E-state index in [9.17, 15) is 0 Å². The van der Waals surface area contributed by atoms with Crippen LogP contribution in [0.2, 0.25) is 15.3 Å². The van der Waals surface area contributed by atoms with Crippen LogP contribution < -0.4 is 0 Å². The summed E-state index contributed by atoms with van der Waals surface area (Å²) in [5, 5.41) is 9.40. The Balaban J connectivity index is 2.12. The second-order valence-corrected chi connectivity index (χ2v) is 5.41. The first kappa shape index (κ1) is 13.5. The minimum Gasteiger partial charge on any atom is -0.224 e. The van der Waals surface area contributed by atoms with Crippen LogP contribution in [0.1, 0.15) is 18.5 Å². The molecule has 5 nitrogen and oxygen atoms in total. The lowest BCUT2D eigenvalue weighted by Crippen LogP contribution is -2.10. The number of nitrogens with zero attached hydrogens (tertiary/aromatic N) is 5. The van der Waals surface area contributed by atoms with Crippen molar-refractivity contribution in [2.75, 3.05) is 0 Å².